The van der Waals surface area contributed by atoms with Crippen molar-refractivity contribution in [2.75, 3.05) is 12.4 Å². The van der Waals surface area contributed by atoms with E-state index in [0.29, 0.717) is 28.0 Å². The third kappa shape index (κ3) is 3.69. The Labute approximate surface area is 161 Å². The second kappa shape index (κ2) is 7.81. The molecule has 0 spiro atoms. The van der Waals surface area contributed by atoms with E-state index in [1.54, 1.807) is 36.1 Å². The Kier molecular flexibility index (Phi) is 5.49. The van der Waals surface area contributed by atoms with Crippen LogP contribution in [0.25, 0.3) is 11.3 Å². The molecule has 0 aliphatic rings. The highest BCUT2D eigenvalue weighted by atomic mass is 35.5. The van der Waals surface area contributed by atoms with E-state index in [-0.39, 0.29) is 5.91 Å². The molecule has 0 saturated heterocycles. The normalized spacial score (nSPS) is 10.6. The SMILES string of the molecule is CCn1nc(C(=O)Nc2ccc(Cl)c(Cl)c2)cc1-c1ccccc1OC. The number of rotatable bonds is 5. The number of ether oxygens (including phenoxy) is 1. The average molecular weight is 390 g/mol. The Morgan fingerprint density at radius 2 is 1.92 bits per heavy atom. The maximum Gasteiger partial charge on any atom is 0.276 e. The van der Waals surface area contributed by atoms with Gasteiger partial charge in [-0.2, -0.15) is 5.10 Å². The maximum atomic E-state index is 12.6. The minimum atomic E-state index is -0.327. The van der Waals surface area contributed by atoms with E-state index in [9.17, 15) is 4.79 Å². The molecule has 0 unspecified atom stereocenters. The van der Waals surface area contributed by atoms with Gasteiger partial charge in [0.1, 0.15) is 5.75 Å². The number of hydrogen-bond donors (Lipinski definition) is 1. The summed E-state index contributed by atoms with van der Waals surface area (Å²) in [5.41, 5.74) is 2.54. The third-order valence-electron chi connectivity index (χ3n) is 3.87. The zero-order chi connectivity index (χ0) is 18.7. The van der Waals surface area contributed by atoms with Gasteiger partial charge in [-0.05, 0) is 43.3 Å². The Morgan fingerprint density at radius 3 is 2.62 bits per heavy atom. The first-order valence-electron chi connectivity index (χ1n) is 8.01. The summed E-state index contributed by atoms with van der Waals surface area (Å²) in [6.07, 6.45) is 0. The fraction of sp³-hybridized carbons (Fsp3) is 0.158. The molecule has 0 aliphatic heterocycles. The maximum absolute atomic E-state index is 12.6. The van der Waals surface area contributed by atoms with Gasteiger partial charge in [0, 0.05) is 17.8 Å². The van der Waals surface area contributed by atoms with Crippen LogP contribution in [0.3, 0.4) is 0 Å². The van der Waals surface area contributed by atoms with Crippen LogP contribution in [0.4, 0.5) is 5.69 Å². The van der Waals surface area contributed by atoms with Crippen LogP contribution < -0.4 is 10.1 Å². The van der Waals surface area contributed by atoms with E-state index in [0.717, 1.165) is 17.0 Å². The third-order valence-corrected chi connectivity index (χ3v) is 4.61. The Morgan fingerprint density at radius 1 is 1.15 bits per heavy atom. The lowest BCUT2D eigenvalue weighted by Crippen LogP contribution is -2.13. The van der Waals surface area contributed by atoms with E-state index in [4.69, 9.17) is 27.9 Å². The topological polar surface area (TPSA) is 56.2 Å². The largest absolute Gasteiger partial charge is 0.496 e. The lowest BCUT2D eigenvalue weighted by atomic mass is 10.1. The van der Waals surface area contributed by atoms with Gasteiger partial charge in [0.05, 0.1) is 22.8 Å². The summed E-state index contributed by atoms with van der Waals surface area (Å²) in [6, 6.07) is 14.3. The smallest absolute Gasteiger partial charge is 0.276 e. The molecule has 134 valence electrons. The number of carbonyl (C=O) groups excluding carboxylic acids is 1. The minimum Gasteiger partial charge on any atom is -0.496 e. The molecular formula is C19H17Cl2N3O2. The summed E-state index contributed by atoms with van der Waals surface area (Å²) in [4.78, 5) is 12.6. The molecule has 7 heteroatoms. The fourth-order valence-corrected chi connectivity index (χ4v) is 2.91. The van der Waals surface area contributed by atoms with Gasteiger partial charge >= 0.3 is 0 Å². The number of nitrogens with one attached hydrogen (secondary N) is 1. The zero-order valence-electron chi connectivity index (χ0n) is 14.3. The number of nitrogens with zero attached hydrogens (tertiary/aromatic N) is 2. The number of benzene rings is 2. The summed E-state index contributed by atoms with van der Waals surface area (Å²) in [5, 5.41) is 7.99. The van der Waals surface area contributed by atoms with Crippen molar-refractivity contribution in [2.45, 2.75) is 13.5 Å². The quantitative estimate of drug-likeness (QED) is 0.657. The molecule has 2 aromatic carbocycles. The molecular weight excluding hydrogens is 373 g/mol. The summed E-state index contributed by atoms with van der Waals surface area (Å²) in [5.74, 6) is 0.394. The number of hydrogen-bond acceptors (Lipinski definition) is 3. The molecule has 0 aliphatic carbocycles. The van der Waals surface area contributed by atoms with Gasteiger partial charge in [-0.15, -0.1) is 0 Å². The molecule has 0 atom stereocenters. The molecule has 1 N–H and O–H groups in total. The zero-order valence-corrected chi connectivity index (χ0v) is 15.8. The standard InChI is InChI=1S/C19H17Cl2N3O2/c1-3-24-17(13-6-4-5-7-18(13)26-2)11-16(23-24)19(25)22-12-8-9-14(20)15(21)10-12/h4-11H,3H2,1-2H3,(H,22,25). The van der Waals surface area contributed by atoms with E-state index in [2.05, 4.69) is 10.4 Å². The van der Waals surface area contributed by atoms with Crippen LogP contribution in [-0.4, -0.2) is 22.8 Å². The molecule has 1 amide bonds. The second-order valence-electron chi connectivity index (χ2n) is 5.51. The number of methoxy groups -OCH3 is 1. The van der Waals surface area contributed by atoms with Gasteiger partial charge in [-0.25, -0.2) is 0 Å². The predicted molar refractivity (Wildman–Crippen MR) is 104 cm³/mol. The first-order valence-corrected chi connectivity index (χ1v) is 8.76. The van der Waals surface area contributed by atoms with E-state index in [1.165, 1.54) is 0 Å². The Hall–Kier alpha value is -2.50. The molecule has 3 aromatic rings. The first kappa shape index (κ1) is 18.3. The van der Waals surface area contributed by atoms with Gasteiger partial charge in [-0.3, -0.25) is 9.48 Å². The molecule has 1 heterocycles. The highest BCUT2D eigenvalue weighted by Crippen LogP contribution is 2.30. The molecule has 1 aromatic heterocycles. The van der Waals surface area contributed by atoms with Gasteiger partial charge < -0.3 is 10.1 Å². The van der Waals surface area contributed by atoms with Crippen molar-refractivity contribution in [3.05, 3.63) is 64.3 Å². The molecule has 3 rings (SSSR count). The number of aryl methyl sites for hydroxylation is 1. The second-order valence-corrected chi connectivity index (χ2v) is 6.33. The van der Waals surface area contributed by atoms with Crippen LogP contribution >= 0.6 is 23.2 Å². The Bertz CT molecular complexity index is 954. The predicted octanol–water partition coefficient (Wildman–Crippen LogP) is 5.14. The number of aromatic nitrogens is 2. The van der Waals surface area contributed by atoms with Crippen LogP contribution in [0.1, 0.15) is 17.4 Å². The molecule has 5 nitrogen and oxygen atoms in total. The number of halogens is 2. The lowest BCUT2D eigenvalue weighted by molar-refractivity contribution is 0.102. The highest BCUT2D eigenvalue weighted by Gasteiger charge is 2.17. The summed E-state index contributed by atoms with van der Waals surface area (Å²) in [6.45, 7) is 2.58. The molecule has 26 heavy (non-hydrogen) atoms. The minimum absolute atomic E-state index is 0.304. The van der Waals surface area contributed by atoms with E-state index < -0.39 is 0 Å². The van der Waals surface area contributed by atoms with Crippen molar-refractivity contribution < 1.29 is 9.53 Å². The molecule has 0 bridgehead atoms. The van der Waals surface area contributed by atoms with Crippen molar-refractivity contribution in [3.8, 4) is 17.0 Å². The Balaban J connectivity index is 1.92. The van der Waals surface area contributed by atoms with Crippen molar-refractivity contribution in [2.24, 2.45) is 0 Å². The van der Waals surface area contributed by atoms with Gasteiger partial charge in [-0.1, -0.05) is 35.3 Å². The number of anilines is 1. The molecule has 0 fully saturated rings. The van der Waals surface area contributed by atoms with Crippen molar-refractivity contribution in [1.29, 1.82) is 0 Å². The first-order chi connectivity index (χ1) is 12.5. The van der Waals surface area contributed by atoms with E-state index >= 15 is 0 Å². The molecule has 0 saturated carbocycles. The van der Waals surface area contributed by atoms with Crippen molar-refractivity contribution in [3.63, 3.8) is 0 Å². The summed E-state index contributed by atoms with van der Waals surface area (Å²) >= 11 is 11.9. The van der Waals surface area contributed by atoms with Crippen molar-refractivity contribution >= 4 is 34.8 Å². The van der Waals surface area contributed by atoms with Gasteiger partial charge in [0.25, 0.3) is 5.91 Å². The highest BCUT2D eigenvalue weighted by molar-refractivity contribution is 6.42. The summed E-state index contributed by atoms with van der Waals surface area (Å²) < 4.78 is 7.19. The summed E-state index contributed by atoms with van der Waals surface area (Å²) in [7, 11) is 1.61. The fourth-order valence-electron chi connectivity index (χ4n) is 2.61. The van der Waals surface area contributed by atoms with Crippen molar-refractivity contribution in [1.82, 2.24) is 9.78 Å². The van der Waals surface area contributed by atoms with Gasteiger partial charge in [0.2, 0.25) is 0 Å². The van der Waals surface area contributed by atoms with Crippen LogP contribution in [-0.2, 0) is 6.54 Å². The number of carbonyl (C=O) groups is 1. The monoisotopic (exact) mass is 389 g/mol. The lowest BCUT2D eigenvalue weighted by Gasteiger charge is -2.09. The number of amides is 1. The number of para-hydroxylation sites is 1. The van der Waals surface area contributed by atoms with Crippen LogP contribution in [0.2, 0.25) is 10.0 Å². The molecule has 0 radical (unpaired) electrons. The van der Waals surface area contributed by atoms with Crippen LogP contribution in [0.15, 0.2) is 48.5 Å². The van der Waals surface area contributed by atoms with E-state index in [1.807, 2.05) is 31.2 Å². The van der Waals surface area contributed by atoms with Crippen LogP contribution in [0.5, 0.6) is 5.75 Å². The van der Waals surface area contributed by atoms with Crippen LogP contribution in [0, 0.1) is 0 Å². The average Bonchev–Trinajstić information content (AvgIpc) is 3.09. The van der Waals surface area contributed by atoms with Gasteiger partial charge in [0.15, 0.2) is 5.69 Å².